The highest BCUT2D eigenvalue weighted by Gasteiger charge is 2.25. The van der Waals surface area contributed by atoms with Gasteiger partial charge in [-0.25, -0.2) is 0 Å². The molecule has 0 spiro atoms. The van der Waals surface area contributed by atoms with Crippen LogP contribution in [0.2, 0.25) is 0 Å². The largest absolute Gasteiger partial charge is 0.198 e. The van der Waals surface area contributed by atoms with Crippen molar-refractivity contribution in [1.29, 1.82) is 5.26 Å². The van der Waals surface area contributed by atoms with Crippen molar-refractivity contribution in [3.8, 4) is 6.07 Å². The van der Waals surface area contributed by atoms with Gasteiger partial charge in [-0.3, -0.25) is 0 Å². The van der Waals surface area contributed by atoms with Gasteiger partial charge in [0.25, 0.3) is 0 Å². The molecule has 0 aliphatic heterocycles. The lowest BCUT2D eigenvalue weighted by atomic mass is 9.74. The SMILES string of the molecule is CC1(CC#N)CCCCC1. The molecule has 1 nitrogen and oxygen atoms in total. The van der Waals surface area contributed by atoms with Crippen LogP contribution in [-0.2, 0) is 0 Å². The normalized spacial score (nSPS) is 23.6. The molecule has 0 heterocycles. The minimum Gasteiger partial charge on any atom is -0.198 e. The maximum Gasteiger partial charge on any atom is 0.0627 e. The van der Waals surface area contributed by atoms with Gasteiger partial charge in [-0.1, -0.05) is 26.2 Å². The molecule has 0 N–H and O–H groups in total. The highest BCUT2D eigenvalue weighted by Crippen LogP contribution is 2.38. The van der Waals surface area contributed by atoms with Crippen LogP contribution in [0.25, 0.3) is 0 Å². The maximum absolute atomic E-state index is 8.53. The number of rotatable bonds is 1. The molecule has 1 saturated carbocycles. The van der Waals surface area contributed by atoms with E-state index in [0.717, 1.165) is 6.42 Å². The third-order valence-corrected chi connectivity index (χ3v) is 2.57. The van der Waals surface area contributed by atoms with Crippen LogP contribution < -0.4 is 0 Å². The van der Waals surface area contributed by atoms with E-state index in [1.54, 1.807) is 0 Å². The maximum atomic E-state index is 8.53. The van der Waals surface area contributed by atoms with E-state index < -0.39 is 0 Å². The van der Waals surface area contributed by atoms with Gasteiger partial charge in [-0.05, 0) is 18.3 Å². The molecule has 0 bridgehead atoms. The van der Waals surface area contributed by atoms with Gasteiger partial charge in [0, 0.05) is 6.42 Å². The van der Waals surface area contributed by atoms with Crippen molar-refractivity contribution in [3.05, 3.63) is 0 Å². The first-order valence-corrected chi connectivity index (χ1v) is 4.14. The molecule has 0 aromatic heterocycles. The second kappa shape index (κ2) is 3.05. The van der Waals surface area contributed by atoms with E-state index in [-0.39, 0.29) is 0 Å². The molecular weight excluding hydrogens is 122 g/mol. The van der Waals surface area contributed by atoms with Crippen LogP contribution in [0.15, 0.2) is 0 Å². The molecule has 1 aliphatic rings. The Balaban J connectivity index is 2.42. The summed E-state index contributed by atoms with van der Waals surface area (Å²) in [5, 5.41) is 8.53. The Morgan fingerprint density at radius 3 is 2.40 bits per heavy atom. The second-order valence-corrected chi connectivity index (χ2v) is 3.71. The van der Waals surface area contributed by atoms with E-state index >= 15 is 0 Å². The average Bonchev–Trinajstić information content (AvgIpc) is 1.89. The molecule has 0 saturated heterocycles. The fraction of sp³-hybridized carbons (Fsp3) is 0.889. The summed E-state index contributed by atoms with van der Waals surface area (Å²) in [6, 6.07) is 2.28. The minimum absolute atomic E-state index is 0.368. The van der Waals surface area contributed by atoms with Crippen molar-refractivity contribution in [3.63, 3.8) is 0 Å². The standard InChI is InChI=1S/C9H15N/c1-9(7-8-10)5-3-2-4-6-9/h2-7H2,1H3. The summed E-state index contributed by atoms with van der Waals surface area (Å²) in [4.78, 5) is 0. The lowest BCUT2D eigenvalue weighted by molar-refractivity contribution is 0.222. The van der Waals surface area contributed by atoms with Crippen molar-refractivity contribution in [2.24, 2.45) is 5.41 Å². The monoisotopic (exact) mass is 137 g/mol. The van der Waals surface area contributed by atoms with Crippen LogP contribution in [-0.4, -0.2) is 0 Å². The van der Waals surface area contributed by atoms with Crippen LogP contribution in [0, 0.1) is 16.7 Å². The summed E-state index contributed by atoms with van der Waals surface area (Å²) in [5.41, 5.74) is 0.368. The quantitative estimate of drug-likeness (QED) is 0.545. The van der Waals surface area contributed by atoms with Gasteiger partial charge >= 0.3 is 0 Å². The zero-order valence-electron chi connectivity index (χ0n) is 6.69. The highest BCUT2D eigenvalue weighted by atomic mass is 14.3. The number of nitrogens with zero attached hydrogens (tertiary/aromatic N) is 1. The van der Waals surface area contributed by atoms with Crippen molar-refractivity contribution < 1.29 is 0 Å². The minimum atomic E-state index is 0.368. The first-order valence-electron chi connectivity index (χ1n) is 4.14. The van der Waals surface area contributed by atoms with E-state index in [1.807, 2.05) is 0 Å². The topological polar surface area (TPSA) is 23.8 Å². The van der Waals surface area contributed by atoms with Gasteiger partial charge in [-0.2, -0.15) is 5.26 Å². The third kappa shape index (κ3) is 1.73. The van der Waals surface area contributed by atoms with Crippen LogP contribution >= 0.6 is 0 Å². The van der Waals surface area contributed by atoms with Crippen LogP contribution in [0.3, 0.4) is 0 Å². The molecule has 0 aromatic carbocycles. The number of hydrogen-bond donors (Lipinski definition) is 0. The summed E-state index contributed by atoms with van der Waals surface area (Å²) in [5.74, 6) is 0. The predicted octanol–water partition coefficient (Wildman–Crippen LogP) is 2.87. The molecule has 0 amide bonds. The van der Waals surface area contributed by atoms with E-state index in [9.17, 15) is 0 Å². The van der Waals surface area contributed by atoms with Crippen molar-refractivity contribution in [2.75, 3.05) is 0 Å². The second-order valence-electron chi connectivity index (χ2n) is 3.71. The summed E-state index contributed by atoms with van der Waals surface area (Å²) in [6.45, 7) is 2.25. The Kier molecular flexibility index (Phi) is 2.32. The smallest absolute Gasteiger partial charge is 0.0627 e. The van der Waals surface area contributed by atoms with E-state index in [0.29, 0.717) is 5.41 Å². The zero-order valence-corrected chi connectivity index (χ0v) is 6.69. The highest BCUT2D eigenvalue weighted by molar-refractivity contribution is 4.87. The van der Waals surface area contributed by atoms with Gasteiger partial charge in [-0.15, -0.1) is 0 Å². The van der Waals surface area contributed by atoms with Gasteiger partial charge in [0.2, 0.25) is 0 Å². The molecule has 0 aromatic rings. The van der Waals surface area contributed by atoms with Crippen LogP contribution in [0.5, 0.6) is 0 Å². The number of hydrogen-bond acceptors (Lipinski definition) is 1. The van der Waals surface area contributed by atoms with Crippen molar-refractivity contribution >= 4 is 0 Å². The Morgan fingerprint density at radius 1 is 1.30 bits per heavy atom. The fourth-order valence-corrected chi connectivity index (χ4v) is 1.77. The molecular formula is C9H15N. The van der Waals surface area contributed by atoms with E-state index in [4.69, 9.17) is 5.26 Å². The lowest BCUT2D eigenvalue weighted by Crippen LogP contribution is -2.18. The summed E-state index contributed by atoms with van der Waals surface area (Å²) < 4.78 is 0. The third-order valence-electron chi connectivity index (χ3n) is 2.57. The average molecular weight is 137 g/mol. The molecule has 10 heavy (non-hydrogen) atoms. The summed E-state index contributed by atoms with van der Waals surface area (Å²) in [6.07, 6.45) is 7.32. The summed E-state index contributed by atoms with van der Waals surface area (Å²) in [7, 11) is 0. The molecule has 1 rings (SSSR count). The van der Waals surface area contributed by atoms with Crippen molar-refractivity contribution in [2.45, 2.75) is 45.4 Å². The zero-order chi connectivity index (χ0) is 7.45. The lowest BCUT2D eigenvalue weighted by Gasteiger charge is -2.30. The van der Waals surface area contributed by atoms with E-state index in [2.05, 4.69) is 13.0 Å². The van der Waals surface area contributed by atoms with Gasteiger partial charge in [0.15, 0.2) is 0 Å². The Bertz CT molecular complexity index is 137. The molecule has 1 fully saturated rings. The van der Waals surface area contributed by atoms with Crippen LogP contribution in [0.4, 0.5) is 0 Å². The molecule has 1 heteroatoms. The molecule has 0 atom stereocenters. The fourth-order valence-electron chi connectivity index (χ4n) is 1.77. The predicted molar refractivity (Wildman–Crippen MR) is 41.4 cm³/mol. The molecule has 56 valence electrons. The Morgan fingerprint density at radius 2 is 1.90 bits per heavy atom. The first-order chi connectivity index (χ1) is 4.77. The Hall–Kier alpha value is -0.510. The van der Waals surface area contributed by atoms with Gasteiger partial charge in [0.1, 0.15) is 0 Å². The Labute approximate surface area is 63.0 Å². The van der Waals surface area contributed by atoms with Crippen molar-refractivity contribution in [1.82, 2.24) is 0 Å². The van der Waals surface area contributed by atoms with Gasteiger partial charge in [0.05, 0.1) is 6.07 Å². The van der Waals surface area contributed by atoms with Crippen LogP contribution in [0.1, 0.15) is 45.4 Å². The number of nitriles is 1. The molecule has 0 unspecified atom stereocenters. The first kappa shape index (κ1) is 7.60. The molecule has 0 radical (unpaired) electrons. The summed E-state index contributed by atoms with van der Waals surface area (Å²) >= 11 is 0. The molecule has 1 aliphatic carbocycles. The van der Waals surface area contributed by atoms with E-state index in [1.165, 1.54) is 32.1 Å². The van der Waals surface area contributed by atoms with Gasteiger partial charge < -0.3 is 0 Å².